The molecule has 0 aliphatic heterocycles. The third-order valence-corrected chi connectivity index (χ3v) is 2.93. The molecule has 0 aliphatic rings. The van der Waals surface area contributed by atoms with E-state index in [2.05, 4.69) is 24.1 Å². The predicted octanol–water partition coefficient (Wildman–Crippen LogP) is 1.99. The van der Waals surface area contributed by atoms with Crippen LogP contribution in [0.2, 0.25) is 0 Å². The van der Waals surface area contributed by atoms with E-state index in [1.165, 1.54) is 5.56 Å². The zero-order valence-corrected chi connectivity index (χ0v) is 10.4. The molecule has 0 saturated heterocycles. The molecule has 0 amide bonds. The molecule has 90 valence electrons. The number of aromatic hydroxyl groups is 1. The van der Waals surface area contributed by atoms with Gasteiger partial charge in [0.25, 0.3) is 0 Å². The highest BCUT2D eigenvalue weighted by Gasteiger charge is 2.16. The first-order valence-corrected chi connectivity index (χ1v) is 5.90. The highest BCUT2D eigenvalue weighted by Crippen LogP contribution is 2.21. The molecular formula is C13H22N2O. The van der Waals surface area contributed by atoms with Gasteiger partial charge in [0.05, 0.1) is 0 Å². The Morgan fingerprint density at radius 2 is 1.75 bits per heavy atom. The lowest BCUT2D eigenvalue weighted by molar-refractivity contribution is 0.216. The molecule has 3 nitrogen and oxygen atoms in total. The van der Waals surface area contributed by atoms with Crippen LogP contribution >= 0.6 is 0 Å². The van der Waals surface area contributed by atoms with Crippen molar-refractivity contribution in [3.63, 3.8) is 0 Å². The zero-order chi connectivity index (χ0) is 12.0. The van der Waals surface area contributed by atoms with Crippen molar-refractivity contribution >= 4 is 0 Å². The topological polar surface area (TPSA) is 35.5 Å². The van der Waals surface area contributed by atoms with E-state index >= 15 is 0 Å². The summed E-state index contributed by atoms with van der Waals surface area (Å²) in [5.74, 6) is 0.325. The second kappa shape index (κ2) is 6.51. The van der Waals surface area contributed by atoms with Crippen LogP contribution in [0.25, 0.3) is 0 Å². The lowest BCUT2D eigenvalue weighted by atomic mass is 10.0. The number of phenols is 1. The van der Waals surface area contributed by atoms with Crippen molar-refractivity contribution in [3.05, 3.63) is 29.8 Å². The second-order valence-corrected chi connectivity index (χ2v) is 3.89. The van der Waals surface area contributed by atoms with Gasteiger partial charge in [-0.15, -0.1) is 0 Å². The summed E-state index contributed by atoms with van der Waals surface area (Å²) in [7, 11) is 1.97. The Labute approximate surface area is 98.1 Å². The Balaban J connectivity index is 2.87. The highest BCUT2D eigenvalue weighted by molar-refractivity contribution is 5.28. The largest absolute Gasteiger partial charge is 0.508 e. The van der Waals surface area contributed by atoms with Crippen molar-refractivity contribution in [2.75, 3.05) is 26.7 Å². The maximum absolute atomic E-state index is 9.29. The monoisotopic (exact) mass is 222 g/mol. The fraction of sp³-hybridized carbons (Fsp3) is 0.538. The molecule has 0 aliphatic carbocycles. The number of hydrogen-bond donors (Lipinski definition) is 2. The number of hydrogen-bond acceptors (Lipinski definition) is 3. The van der Waals surface area contributed by atoms with E-state index in [1.54, 1.807) is 12.1 Å². The molecule has 0 bridgehead atoms. The Kier molecular flexibility index (Phi) is 5.29. The molecule has 1 unspecified atom stereocenters. The average molecular weight is 222 g/mol. The van der Waals surface area contributed by atoms with E-state index in [-0.39, 0.29) is 0 Å². The molecule has 0 aromatic heterocycles. The van der Waals surface area contributed by atoms with Crippen LogP contribution in [-0.4, -0.2) is 36.7 Å². The summed E-state index contributed by atoms with van der Waals surface area (Å²) in [5.41, 5.74) is 1.25. The maximum Gasteiger partial charge on any atom is 0.115 e. The fourth-order valence-corrected chi connectivity index (χ4v) is 2.01. The number of likely N-dealkylation sites (N-methyl/N-ethyl adjacent to an activating group) is 2. The minimum absolute atomic E-state index is 0.325. The molecule has 2 N–H and O–H groups in total. The van der Waals surface area contributed by atoms with Gasteiger partial charge in [0, 0.05) is 12.6 Å². The van der Waals surface area contributed by atoms with Gasteiger partial charge in [-0.1, -0.05) is 26.0 Å². The Bertz CT molecular complexity index is 293. The van der Waals surface area contributed by atoms with Gasteiger partial charge in [0.1, 0.15) is 5.75 Å². The van der Waals surface area contributed by atoms with Crippen LogP contribution in [0.5, 0.6) is 5.75 Å². The summed E-state index contributed by atoms with van der Waals surface area (Å²) in [5, 5.41) is 12.5. The minimum atomic E-state index is 0.325. The third kappa shape index (κ3) is 3.22. The number of nitrogens with zero attached hydrogens (tertiary/aromatic N) is 1. The molecule has 1 aromatic carbocycles. The minimum Gasteiger partial charge on any atom is -0.508 e. The van der Waals surface area contributed by atoms with Crippen molar-refractivity contribution in [2.24, 2.45) is 0 Å². The molecule has 16 heavy (non-hydrogen) atoms. The van der Waals surface area contributed by atoms with Crippen LogP contribution in [0, 0.1) is 0 Å². The third-order valence-electron chi connectivity index (χ3n) is 2.93. The number of phenolic OH excluding ortho intramolecular Hbond substituents is 1. The van der Waals surface area contributed by atoms with Gasteiger partial charge < -0.3 is 10.4 Å². The Morgan fingerprint density at radius 3 is 2.19 bits per heavy atom. The predicted molar refractivity (Wildman–Crippen MR) is 67.7 cm³/mol. The first-order valence-electron chi connectivity index (χ1n) is 5.90. The van der Waals surface area contributed by atoms with E-state index in [0.29, 0.717) is 11.8 Å². The number of benzene rings is 1. The molecule has 0 spiro atoms. The smallest absolute Gasteiger partial charge is 0.115 e. The van der Waals surface area contributed by atoms with Crippen LogP contribution in [0.1, 0.15) is 25.5 Å². The number of rotatable bonds is 6. The van der Waals surface area contributed by atoms with Crippen molar-refractivity contribution < 1.29 is 5.11 Å². The molecule has 0 radical (unpaired) electrons. The quantitative estimate of drug-likeness (QED) is 0.772. The SMILES string of the molecule is CCN(CC)C(CNC)c1ccc(O)cc1. The molecule has 0 fully saturated rings. The lowest BCUT2D eigenvalue weighted by Crippen LogP contribution is -2.34. The maximum atomic E-state index is 9.29. The lowest BCUT2D eigenvalue weighted by Gasteiger charge is -2.30. The summed E-state index contributed by atoms with van der Waals surface area (Å²) in [6.07, 6.45) is 0. The van der Waals surface area contributed by atoms with Gasteiger partial charge >= 0.3 is 0 Å². The molecule has 0 heterocycles. The summed E-state index contributed by atoms with van der Waals surface area (Å²) >= 11 is 0. The normalized spacial score (nSPS) is 13.0. The van der Waals surface area contributed by atoms with Crippen molar-refractivity contribution in [1.29, 1.82) is 0 Å². The van der Waals surface area contributed by atoms with Crippen molar-refractivity contribution in [1.82, 2.24) is 10.2 Å². The second-order valence-electron chi connectivity index (χ2n) is 3.89. The van der Waals surface area contributed by atoms with Crippen LogP contribution < -0.4 is 5.32 Å². The van der Waals surface area contributed by atoms with Crippen LogP contribution in [0.3, 0.4) is 0 Å². The Hall–Kier alpha value is -1.06. The van der Waals surface area contributed by atoms with Crippen LogP contribution in [0.4, 0.5) is 0 Å². The van der Waals surface area contributed by atoms with Crippen LogP contribution in [-0.2, 0) is 0 Å². The van der Waals surface area contributed by atoms with Crippen LogP contribution in [0.15, 0.2) is 24.3 Å². The van der Waals surface area contributed by atoms with Gasteiger partial charge in [-0.05, 0) is 37.8 Å². The summed E-state index contributed by atoms with van der Waals surface area (Å²) in [6.45, 7) is 7.33. The van der Waals surface area contributed by atoms with Crippen molar-refractivity contribution in [2.45, 2.75) is 19.9 Å². The highest BCUT2D eigenvalue weighted by atomic mass is 16.3. The standard InChI is InChI=1S/C13H22N2O/c1-4-15(5-2)13(10-14-3)11-6-8-12(16)9-7-11/h6-9,13-14,16H,4-5,10H2,1-3H3. The molecular weight excluding hydrogens is 200 g/mol. The van der Waals surface area contributed by atoms with Gasteiger partial charge in [-0.25, -0.2) is 0 Å². The van der Waals surface area contributed by atoms with Gasteiger partial charge in [-0.2, -0.15) is 0 Å². The van der Waals surface area contributed by atoms with E-state index in [4.69, 9.17) is 0 Å². The first-order chi connectivity index (χ1) is 7.72. The molecule has 3 heteroatoms. The fourth-order valence-electron chi connectivity index (χ4n) is 2.01. The summed E-state index contributed by atoms with van der Waals surface area (Å²) in [6, 6.07) is 7.87. The van der Waals surface area contributed by atoms with E-state index in [1.807, 2.05) is 19.2 Å². The molecule has 1 atom stereocenters. The van der Waals surface area contributed by atoms with Crippen molar-refractivity contribution in [3.8, 4) is 5.75 Å². The average Bonchev–Trinajstić information content (AvgIpc) is 2.31. The summed E-state index contributed by atoms with van der Waals surface area (Å²) in [4.78, 5) is 2.41. The molecule has 0 saturated carbocycles. The molecule has 1 aromatic rings. The van der Waals surface area contributed by atoms with E-state index in [9.17, 15) is 5.11 Å². The van der Waals surface area contributed by atoms with Gasteiger partial charge in [0.2, 0.25) is 0 Å². The zero-order valence-electron chi connectivity index (χ0n) is 10.4. The van der Waals surface area contributed by atoms with E-state index < -0.39 is 0 Å². The molecule has 1 rings (SSSR count). The summed E-state index contributed by atoms with van der Waals surface area (Å²) < 4.78 is 0. The van der Waals surface area contributed by atoms with E-state index in [0.717, 1.165) is 19.6 Å². The first kappa shape index (κ1) is 13.0. The Morgan fingerprint density at radius 1 is 1.19 bits per heavy atom. The van der Waals surface area contributed by atoms with Gasteiger partial charge in [0.15, 0.2) is 0 Å². The van der Waals surface area contributed by atoms with Gasteiger partial charge in [-0.3, -0.25) is 4.90 Å². The number of nitrogens with one attached hydrogen (secondary N) is 1.